The van der Waals surface area contributed by atoms with E-state index in [4.69, 9.17) is 4.74 Å². The molecular weight excluding hydrogens is 386 g/mol. The van der Waals surface area contributed by atoms with E-state index >= 15 is 0 Å². The van der Waals surface area contributed by atoms with Gasteiger partial charge in [0.1, 0.15) is 5.75 Å². The van der Waals surface area contributed by atoms with Gasteiger partial charge in [0.05, 0.1) is 29.5 Å². The van der Waals surface area contributed by atoms with Crippen LogP contribution < -0.4 is 15.4 Å². The molecule has 2 aromatic rings. The van der Waals surface area contributed by atoms with Crippen LogP contribution in [-0.2, 0) is 9.59 Å². The second-order valence-electron chi connectivity index (χ2n) is 6.58. The zero-order valence-corrected chi connectivity index (χ0v) is 17.0. The number of hydrogen-bond acceptors (Lipinski definition) is 5. The second-order valence-corrected chi connectivity index (χ2v) is 7.57. The van der Waals surface area contributed by atoms with E-state index in [0.717, 1.165) is 28.6 Å². The highest BCUT2D eigenvalue weighted by Gasteiger charge is 2.29. The maximum atomic E-state index is 12.3. The third kappa shape index (κ3) is 4.98. The number of hydrogen-bond donors (Lipinski definition) is 2. The molecule has 0 radical (unpaired) electrons. The lowest BCUT2D eigenvalue weighted by Crippen LogP contribution is -2.31. The Kier molecular flexibility index (Phi) is 6.57. The van der Waals surface area contributed by atoms with Crippen LogP contribution >= 0.6 is 11.8 Å². The van der Waals surface area contributed by atoms with Crippen molar-refractivity contribution in [1.29, 1.82) is 5.26 Å². The number of methoxy groups -OCH3 is 1. The third-order valence-electron chi connectivity index (χ3n) is 4.64. The van der Waals surface area contributed by atoms with Gasteiger partial charge in [0.2, 0.25) is 11.8 Å². The number of carbonyl (C=O) groups is 2. The number of nitrogens with one attached hydrogen (secondary N) is 2. The van der Waals surface area contributed by atoms with Crippen LogP contribution in [0.3, 0.4) is 0 Å². The number of ether oxygens (including phenoxy) is 1. The van der Waals surface area contributed by atoms with Crippen molar-refractivity contribution in [3.63, 3.8) is 0 Å². The van der Waals surface area contributed by atoms with E-state index in [1.165, 1.54) is 0 Å². The molecule has 2 aromatic carbocycles. The Hall–Kier alpha value is -3.24. The van der Waals surface area contributed by atoms with Gasteiger partial charge in [-0.3, -0.25) is 9.59 Å². The average Bonchev–Trinajstić information content (AvgIpc) is 2.73. The minimum atomic E-state index is -0.346. The Labute approximate surface area is 173 Å². The maximum absolute atomic E-state index is 12.3. The van der Waals surface area contributed by atoms with Crippen LogP contribution in [0.4, 0.5) is 5.69 Å². The van der Waals surface area contributed by atoms with E-state index < -0.39 is 0 Å². The van der Waals surface area contributed by atoms with Gasteiger partial charge in [-0.25, -0.2) is 0 Å². The molecular formula is C22H21N3O3S. The van der Waals surface area contributed by atoms with E-state index in [2.05, 4.69) is 16.7 Å². The average molecular weight is 407 g/mol. The van der Waals surface area contributed by atoms with Crippen molar-refractivity contribution in [2.24, 2.45) is 0 Å². The molecule has 148 valence electrons. The van der Waals surface area contributed by atoms with Crippen molar-refractivity contribution in [3.8, 4) is 11.8 Å². The van der Waals surface area contributed by atoms with Crippen LogP contribution in [-0.4, -0.2) is 24.7 Å². The number of thioether (sulfide) groups is 1. The van der Waals surface area contributed by atoms with Crippen LogP contribution in [0, 0.1) is 18.3 Å². The Bertz CT molecular complexity index is 993. The van der Waals surface area contributed by atoms with Crippen LogP contribution in [0.15, 0.2) is 59.1 Å². The number of rotatable bonds is 6. The quantitative estimate of drug-likeness (QED) is 0.762. The normalized spacial score (nSPS) is 16.0. The van der Waals surface area contributed by atoms with Gasteiger partial charge in [0.25, 0.3) is 0 Å². The lowest BCUT2D eigenvalue weighted by molar-refractivity contribution is -0.121. The molecule has 0 fully saturated rings. The van der Waals surface area contributed by atoms with Crippen molar-refractivity contribution < 1.29 is 14.3 Å². The van der Waals surface area contributed by atoms with E-state index in [9.17, 15) is 14.9 Å². The molecule has 7 heteroatoms. The Morgan fingerprint density at radius 3 is 2.66 bits per heavy atom. The molecule has 0 aliphatic carbocycles. The van der Waals surface area contributed by atoms with E-state index in [1.54, 1.807) is 19.2 Å². The summed E-state index contributed by atoms with van der Waals surface area (Å²) in [4.78, 5) is 24.6. The van der Waals surface area contributed by atoms with Crippen LogP contribution in [0.1, 0.15) is 23.5 Å². The standard InChI is InChI=1S/C22H21N3O3S/c1-14-5-3-4-6-19(14)24-21(27)13-29-22-18(12-23)17(11-20(26)25-22)15-7-9-16(28-2)10-8-15/h3-10,17H,11,13H2,1-2H3,(H,24,27)(H,25,26)/t17-/m1/s1. The summed E-state index contributed by atoms with van der Waals surface area (Å²) < 4.78 is 5.17. The van der Waals surface area contributed by atoms with Crippen molar-refractivity contribution in [2.75, 3.05) is 18.2 Å². The predicted molar refractivity (Wildman–Crippen MR) is 113 cm³/mol. The molecule has 0 saturated carbocycles. The number of benzene rings is 2. The molecule has 0 aromatic heterocycles. The van der Waals surface area contributed by atoms with Gasteiger partial charge in [-0.1, -0.05) is 42.1 Å². The molecule has 0 bridgehead atoms. The van der Waals surface area contributed by atoms with E-state index in [-0.39, 0.29) is 29.9 Å². The Morgan fingerprint density at radius 2 is 2.00 bits per heavy atom. The van der Waals surface area contributed by atoms with Gasteiger partial charge >= 0.3 is 0 Å². The molecule has 1 atom stereocenters. The smallest absolute Gasteiger partial charge is 0.234 e. The summed E-state index contributed by atoms with van der Waals surface area (Å²) in [5.41, 5.74) is 3.04. The van der Waals surface area contributed by atoms with Gasteiger partial charge in [0.15, 0.2) is 0 Å². The third-order valence-corrected chi connectivity index (χ3v) is 5.66. The number of carbonyl (C=O) groups excluding carboxylic acids is 2. The zero-order chi connectivity index (χ0) is 20.8. The fourth-order valence-corrected chi connectivity index (χ4v) is 3.97. The van der Waals surface area contributed by atoms with E-state index in [1.807, 2.05) is 43.3 Å². The number of allylic oxidation sites excluding steroid dienone is 1. The van der Waals surface area contributed by atoms with Gasteiger partial charge in [-0.15, -0.1) is 0 Å². The SMILES string of the molecule is COc1ccc([C@H]2CC(=O)NC(SCC(=O)Nc3ccccc3C)=C2C#N)cc1. The number of nitriles is 1. The molecule has 1 aliphatic heterocycles. The first kappa shape index (κ1) is 20.5. The first-order valence-electron chi connectivity index (χ1n) is 9.08. The summed E-state index contributed by atoms with van der Waals surface area (Å²) in [5.74, 6) is 0.0758. The fourth-order valence-electron chi connectivity index (χ4n) is 3.09. The fraction of sp³-hybridized carbons (Fsp3) is 0.227. The molecule has 1 heterocycles. The molecule has 0 unspecified atom stereocenters. The summed E-state index contributed by atoms with van der Waals surface area (Å²) in [7, 11) is 1.58. The largest absolute Gasteiger partial charge is 0.497 e. The Morgan fingerprint density at radius 1 is 1.28 bits per heavy atom. The number of anilines is 1. The molecule has 2 N–H and O–H groups in total. The molecule has 0 spiro atoms. The number of amides is 2. The lowest BCUT2D eigenvalue weighted by Gasteiger charge is -2.25. The van der Waals surface area contributed by atoms with Gasteiger partial charge in [0, 0.05) is 18.0 Å². The highest BCUT2D eigenvalue weighted by atomic mass is 32.2. The summed E-state index contributed by atoms with van der Waals surface area (Å²) in [6.07, 6.45) is 0.189. The van der Waals surface area contributed by atoms with Crippen molar-refractivity contribution >= 4 is 29.3 Å². The number of aryl methyl sites for hydroxylation is 1. The summed E-state index contributed by atoms with van der Waals surface area (Å²) in [6, 6.07) is 17.0. The molecule has 2 amide bonds. The van der Waals surface area contributed by atoms with E-state index in [0.29, 0.717) is 16.4 Å². The van der Waals surface area contributed by atoms with Gasteiger partial charge < -0.3 is 15.4 Å². The van der Waals surface area contributed by atoms with Crippen LogP contribution in [0.5, 0.6) is 5.75 Å². The minimum Gasteiger partial charge on any atom is -0.497 e. The first-order chi connectivity index (χ1) is 14.0. The summed E-state index contributed by atoms with van der Waals surface area (Å²) in [5, 5.41) is 15.8. The molecule has 3 rings (SSSR count). The Balaban J connectivity index is 1.75. The number of para-hydroxylation sites is 1. The van der Waals surface area contributed by atoms with Crippen LogP contribution in [0.25, 0.3) is 0 Å². The van der Waals surface area contributed by atoms with Crippen molar-refractivity contribution in [1.82, 2.24) is 5.32 Å². The highest BCUT2D eigenvalue weighted by Crippen LogP contribution is 2.36. The summed E-state index contributed by atoms with van der Waals surface area (Å²) >= 11 is 1.16. The van der Waals surface area contributed by atoms with Crippen molar-refractivity contribution in [3.05, 3.63) is 70.3 Å². The molecule has 29 heavy (non-hydrogen) atoms. The summed E-state index contributed by atoms with van der Waals surface area (Å²) in [6.45, 7) is 1.92. The minimum absolute atomic E-state index is 0.0878. The maximum Gasteiger partial charge on any atom is 0.234 e. The predicted octanol–water partition coefficient (Wildman–Crippen LogP) is 3.71. The molecule has 0 saturated heterocycles. The molecule has 1 aliphatic rings. The van der Waals surface area contributed by atoms with Gasteiger partial charge in [-0.2, -0.15) is 5.26 Å². The number of nitrogens with zero attached hydrogens (tertiary/aromatic N) is 1. The van der Waals surface area contributed by atoms with Gasteiger partial charge in [-0.05, 0) is 36.2 Å². The lowest BCUT2D eigenvalue weighted by atomic mass is 9.87. The van der Waals surface area contributed by atoms with Crippen molar-refractivity contribution in [2.45, 2.75) is 19.3 Å². The first-order valence-corrected chi connectivity index (χ1v) is 10.1. The molecule has 6 nitrogen and oxygen atoms in total. The zero-order valence-electron chi connectivity index (χ0n) is 16.2. The highest BCUT2D eigenvalue weighted by molar-refractivity contribution is 8.03. The van der Waals surface area contributed by atoms with Crippen LogP contribution in [0.2, 0.25) is 0 Å². The monoisotopic (exact) mass is 407 g/mol. The topological polar surface area (TPSA) is 91.2 Å². The second kappa shape index (κ2) is 9.30.